The molecule has 28 heavy (non-hydrogen) atoms. The standard InChI is InChI=1S/C23H44O4.Mg.2H/c1-4-6-8-10-11-12-13-14-15-17-19-23(3,18-16-9-7-5-2)27-22(26)20-21(24)25;;;/h4-20H2,1-3H3,(H,24,25);;;. The van der Waals surface area contributed by atoms with Gasteiger partial charge in [-0.1, -0.05) is 90.9 Å². The molecule has 0 aromatic carbocycles. The van der Waals surface area contributed by atoms with Crippen LogP contribution >= 0.6 is 0 Å². The van der Waals surface area contributed by atoms with Crippen LogP contribution in [0.1, 0.15) is 130 Å². The van der Waals surface area contributed by atoms with Crippen LogP contribution in [-0.2, 0) is 14.3 Å². The van der Waals surface area contributed by atoms with E-state index in [9.17, 15) is 9.59 Å². The van der Waals surface area contributed by atoms with Crippen molar-refractivity contribution >= 4 is 35.0 Å². The van der Waals surface area contributed by atoms with Gasteiger partial charge in [-0.25, -0.2) is 0 Å². The summed E-state index contributed by atoms with van der Waals surface area (Å²) in [5.74, 6) is -1.72. The van der Waals surface area contributed by atoms with Gasteiger partial charge in [0.05, 0.1) is 0 Å². The number of hydrogen-bond donors (Lipinski definition) is 1. The maximum absolute atomic E-state index is 11.8. The van der Waals surface area contributed by atoms with Crippen molar-refractivity contribution in [2.24, 2.45) is 0 Å². The molecule has 0 aromatic heterocycles. The van der Waals surface area contributed by atoms with Crippen molar-refractivity contribution in [1.82, 2.24) is 0 Å². The van der Waals surface area contributed by atoms with E-state index >= 15 is 0 Å². The van der Waals surface area contributed by atoms with E-state index in [0.29, 0.717) is 0 Å². The van der Waals surface area contributed by atoms with E-state index in [0.717, 1.165) is 38.5 Å². The average molecular weight is 411 g/mol. The fourth-order valence-electron chi connectivity index (χ4n) is 3.57. The molecule has 1 atom stereocenters. The molecule has 0 aliphatic carbocycles. The van der Waals surface area contributed by atoms with Crippen LogP contribution in [0, 0.1) is 0 Å². The molecule has 0 aliphatic heterocycles. The highest BCUT2D eigenvalue weighted by Gasteiger charge is 2.28. The highest BCUT2D eigenvalue weighted by atomic mass is 24.3. The highest BCUT2D eigenvalue weighted by molar-refractivity contribution is 5.90. The van der Waals surface area contributed by atoms with Crippen LogP contribution in [0.4, 0.5) is 0 Å². The summed E-state index contributed by atoms with van der Waals surface area (Å²) >= 11 is 0. The zero-order chi connectivity index (χ0) is 20.4. The molecule has 0 amide bonds. The normalized spacial score (nSPS) is 12.8. The van der Waals surface area contributed by atoms with Crippen LogP contribution in [0.2, 0.25) is 0 Å². The topological polar surface area (TPSA) is 63.6 Å². The Morgan fingerprint density at radius 1 is 0.714 bits per heavy atom. The fourth-order valence-corrected chi connectivity index (χ4v) is 3.57. The summed E-state index contributed by atoms with van der Waals surface area (Å²) < 4.78 is 5.59. The van der Waals surface area contributed by atoms with E-state index in [1.807, 2.05) is 6.92 Å². The number of carboxylic acid groups (broad SMARTS) is 1. The molecule has 1 unspecified atom stereocenters. The van der Waals surface area contributed by atoms with E-state index in [-0.39, 0.29) is 23.1 Å². The second-order valence-electron chi connectivity index (χ2n) is 8.24. The number of rotatable bonds is 19. The highest BCUT2D eigenvalue weighted by Crippen LogP contribution is 2.27. The summed E-state index contributed by atoms with van der Waals surface area (Å²) in [5, 5.41) is 8.79. The first-order valence-electron chi connectivity index (χ1n) is 11.4. The van der Waals surface area contributed by atoms with Crippen molar-refractivity contribution in [2.75, 3.05) is 0 Å². The van der Waals surface area contributed by atoms with E-state index < -0.39 is 24.0 Å². The molecule has 0 bridgehead atoms. The van der Waals surface area contributed by atoms with E-state index in [1.165, 1.54) is 64.2 Å². The van der Waals surface area contributed by atoms with Gasteiger partial charge in [-0.15, -0.1) is 0 Å². The first-order valence-corrected chi connectivity index (χ1v) is 11.4. The lowest BCUT2D eigenvalue weighted by Crippen LogP contribution is -2.32. The van der Waals surface area contributed by atoms with E-state index in [1.54, 1.807) is 0 Å². The Labute approximate surface area is 189 Å². The molecule has 0 aromatic rings. The molecular weight excluding hydrogens is 365 g/mol. The molecule has 0 rings (SSSR count). The zero-order valence-corrected chi connectivity index (χ0v) is 18.2. The van der Waals surface area contributed by atoms with Gasteiger partial charge in [0.1, 0.15) is 12.0 Å². The van der Waals surface area contributed by atoms with Crippen LogP contribution in [0.3, 0.4) is 0 Å². The predicted octanol–water partition coefficient (Wildman–Crippen LogP) is 6.13. The van der Waals surface area contributed by atoms with Crippen LogP contribution < -0.4 is 0 Å². The summed E-state index contributed by atoms with van der Waals surface area (Å²) in [4.78, 5) is 22.6. The fraction of sp³-hybridized carbons (Fsp3) is 0.913. The van der Waals surface area contributed by atoms with E-state index in [4.69, 9.17) is 9.84 Å². The molecule has 0 fully saturated rings. The Balaban J connectivity index is 0. The summed E-state index contributed by atoms with van der Waals surface area (Å²) in [6, 6.07) is 0. The number of esters is 1. The molecule has 5 heteroatoms. The second kappa shape index (κ2) is 20.0. The maximum atomic E-state index is 11.8. The molecule has 0 saturated carbocycles. The van der Waals surface area contributed by atoms with Crippen molar-refractivity contribution in [3.8, 4) is 0 Å². The molecule has 0 aliphatic rings. The minimum absolute atomic E-state index is 0. The van der Waals surface area contributed by atoms with Gasteiger partial charge in [0.25, 0.3) is 0 Å². The second-order valence-corrected chi connectivity index (χ2v) is 8.24. The SMILES string of the molecule is CCCCCCCCCCCCC(C)(CCCCCC)OC(=O)CC(=O)O.[MgH2]. The van der Waals surface area contributed by atoms with Crippen molar-refractivity contribution in [3.05, 3.63) is 0 Å². The summed E-state index contributed by atoms with van der Waals surface area (Å²) in [7, 11) is 0. The summed E-state index contributed by atoms with van der Waals surface area (Å²) in [6.45, 7) is 6.40. The van der Waals surface area contributed by atoms with Gasteiger partial charge in [0.15, 0.2) is 0 Å². The summed E-state index contributed by atoms with van der Waals surface area (Å²) in [6.07, 6.45) is 18.5. The van der Waals surface area contributed by atoms with Gasteiger partial charge in [-0.3, -0.25) is 9.59 Å². The Hall–Kier alpha value is -0.294. The third-order valence-corrected chi connectivity index (χ3v) is 5.27. The Bertz CT molecular complexity index is 387. The number of ether oxygens (including phenoxy) is 1. The third kappa shape index (κ3) is 19.0. The molecule has 0 radical (unpaired) electrons. The Morgan fingerprint density at radius 2 is 1.07 bits per heavy atom. The molecule has 4 nitrogen and oxygen atoms in total. The quantitative estimate of drug-likeness (QED) is 0.120. The molecule has 0 spiro atoms. The van der Waals surface area contributed by atoms with Crippen LogP contribution in [0.15, 0.2) is 0 Å². The lowest BCUT2D eigenvalue weighted by Gasteiger charge is -2.30. The number of hydrogen-bond acceptors (Lipinski definition) is 3. The smallest absolute Gasteiger partial charge is 0.317 e. The van der Waals surface area contributed by atoms with Gasteiger partial charge in [0, 0.05) is 0 Å². The average Bonchev–Trinajstić information content (AvgIpc) is 2.59. The minimum atomic E-state index is -1.12. The lowest BCUT2D eigenvalue weighted by atomic mass is 9.91. The Morgan fingerprint density at radius 3 is 1.46 bits per heavy atom. The number of carbonyl (C=O) groups is 2. The predicted molar refractivity (Wildman–Crippen MR) is 121 cm³/mol. The molecule has 1 N–H and O–H groups in total. The maximum Gasteiger partial charge on any atom is 0.317 e. The first kappa shape index (κ1) is 29.9. The third-order valence-electron chi connectivity index (χ3n) is 5.27. The van der Waals surface area contributed by atoms with Gasteiger partial charge >= 0.3 is 35.0 Å². The van der Waals surface area contributed by atoms with Crippen LogP contribution in [0.5, 0.6) is 0 Å². The Kier molecular flexibility index (Phi) is 21.4. The molecule has 0 heterocycles. The summed E-state index contributed by atoms with van der Waals surface area (Å²) in [5.41, 5.74) is -0.513. The lowest BCUT2D eigenvalue weighted by molar-refractivity contribution is -0.163. The van der Waals surface area contributed by atoms with Crippen LogP contribution in [0.25, 0.3) is 0 Å². The first-order chi connectivity index (χ1) is 12.9. The minimum Gasteiger partial charge on any atom is -0.481 e. The van der Waals surface area contributed by atoms with Crippen molar-refractivity contribution in [3.63, 3.8) is 0 Å². The molecule has 0 saturated heterocycles. The molecular formula is C23H46MgO4. The number of carboxylic acids is 1. The zero-order valence-electron chi connectivity index (χ0n) is 18.2. The van der Waals surface area contributed by atoms with E-state index in [2.05, 4.69) is 13.8 Å². The van der Waals surface area contributed by atoms with Crippen molar-refractivity contribution in [1.29, 1.82) is 0 Å². The van der Waals surface area contributed by atoms with Crippen molar-refractivity contribution < 1.29 is 19.4 Å². The van der Waals surface area contributed by atoms with Crippen LogP contribution in [-0.4, -0.2) is 45.7 Å². The van der Waals surface area contributed by atoms with Gasteiger partial charge in [0.2, 0.25) is 0 Å². The molecule has 164 valence electrons. The van der Waals surface area contributed by atoms with Gasteiger partial charge in [-0.05, 0) is 32.6 Å². The monoisotopic (exact) mass is 410 g/mol. The number of aliphatic carboxylic acids is 1. The van der Waals surface area contributed by atoms with Gasteiger partial charge in [-0.2, -0.15) is 0 Å². The number of carbonyl (C=O) groups excluding carboxylic acids is 1. The largest absolute Gasteiger partial charge is 0.481 e. The van der Waals surface area contributed by atoms with Gasteiger partial charge < -0.3 is 9.84 Å². The van der Waals surface area contributed by atoms with Crippen molar-refractivity contribution in [2.45, 2.75) is 136 Å². The number of unbranched alkanes of at least 4 members (excludes halogenated alkanes) is 12.